The van der Waals surface area contributed by atoms with E-state index in [0.29, 0.717) is 48.0 Å². The maximum atomic E-state index is 15.1. The van der Waals surface area contributed by atoms with Gasteiger partial charge in [-0.2, -0.15) is 0 Å². The van der Waals surface area contributed by atoms with Crippen molar-refractivity contribution in [3.8, 4) is 0 Å². The van der Waals surface area contributed by atoms with Crippen LogP contribution in [0.5, 0.6) is 0 Å². The number of amides is 1. The number of carboxylic acid groups (broad SMARTS) is 1. The van der Waals surface area contributed by atoms with Gasteiger partial charge in [0.1, 0.15) is 6.10 Å². The molecular formula is C50H77N3O5. The summed E-state index contributed by atoms with van der Waals surface area (Å²) in [6.07, 6.45) is 22.0. The van der Waals surface area contributed by atoms with E-state index in [0.717, 1.165) is 58.2 Å². The van der Waals surface area contributed by atoms with Crippen LogP contribution in [-0.2, 0) is 32.2 Å². The third-order valence-corrected chi connectivity index (χ3v) is 19.1. The van der Waals surface area contributed by atoms with Gasteiger partial charge in [0.05, 0.1) is 17.3 Å². The number of ether oxygens (including phenoxy) is 1. The van der Waals surface area contributed by atoms with Crippen molar-refractivity contribution in [1.29, 1.82) is 0 Å². The topological polar surface area (TPSA) is 92.1 Å². The van der Waals surface area contributed by atoms with Crippen LogP contribution in [0.1, 0.15) is 150 Å². The minimum Gasteiger partial charge on any atom is -0.481 e. The predicted octanol–water partition coefficient (Wildman–Crippen LogP) is 10.0. The molecule has 1 amide bonds. The van der Waals surface area contributed by atoms with Crippen molar-refractivity contribution in [2.24, 2.45) is 69.0 Å². The van der Waals surface area contributed by atoms with Crippen LogP contribution in [0, 0.1) is 69.0 Å². The van der Waals surface area contributed by atoms with E-state index in [4.69, 9.17) is 4.74 Å². The summed E-state index contributed by atoms with van der Waals surface area (Å²) < 4.78 is 8.84. The van der Waals surface area contributed by atoms with Crippen LogP contribution in [0.3, 0.4) is 0 Å². The summed E-state index contributed by atoms with van der Waals surface area (Å²) >= 11 is 0. The van der Waals surface area contributed by atoms with E-state index < -0.39 is 11.9 Å². The molecular weight excluding hydrogens is 723 g/mol. The minimum absolute atomic E-state index is 0.113. The van der Waals surface area contributed by atoms with Crippen LogP contribution in [-0.4, -0.2) is 69.1 Å². The summed E-state index contributed by atoms with van der Waals surface area (Å²) in [7, 11) is 0. The molecule has 8 nitrogen and oxygen atoms in total. The van der Waals surface area contributed by atoms with E-state index in [9.17, 15) is 14.7 Å². The standard InChI is InChI=1S/C47H71N3O5.C3H6/c1-30-34(41(51)52)27-35(30)42(53)55-40-18-21-46(5)38(44(40,2)3)17-20-45(4)36-16-22-47(19-8-13-37(47)33(36)14-15-39(45)46)43(54)50-26-10-12-32(50)29-49-25-9-11-31(49)28-48-23-6-7-24-48;1-3-2/h9,11,25,30,32-40H,6-8,10,12-24,26-29H2,1-5H3,(H,51,52);3H,1H2,2H3. The fourth-order valence-corrected chi connectivity index (χ4v) is 16.2. The van der Waals surface area contributed by atoms with E-state index in [1.807, 2.05) is 13.8 Å². The molecule has 1 aromatic heterocycles. The molecule has 8 heteroatoms. The van der Waals surface area contributed by atoms with Crippen molar-refractivity contribution in [3.05, 3.63) is 36.7 Å². The normalized spacial score (nSPS) is 42.8. The molecule has 8 fully saturated rings. The number of likely N-dealkylation sites (tertiary alicyclic amines) is 2. The number of nitrogens with zero attached hydrogens (tertiary/aromatic N) is 3. The number of aliphatic carboxylic acids is 1. The van der Waals surface area contributed by atoms with Crippen molar-refractivity contribution in [2.75, 3.05) is 19.6 Å². The summed E-state index contributed by atoms with van der Waals surface area (Å²) in [6.45, 7) is 22.5. The van der Waals surface area contributed by atoms with E-state index in [2.05, 4.69) is 67.0 Å². The lowest BCUT2D eigenvalue weighted by atomic mass is 9.36. The number of carboxylic acids is 1. The molecule has 0 aromatic carbocycles. The van der Waals surface area contributed by atoms with Gasteiger partial charge in [0.25, 0.3) is 0 Å². The average Bonchev–Trinajstić information content (AvgIpc) is 4.01. The van der Waals surface area contributed by atoms with E-state index in [-0.39, 0.29) is 45.6 Å². The second kappa shape index (κ2) is 16.0. The molecule has 2 saturated heterocycles. The monoisotopic (exact) mass is 800 g/mol. The van der Waals surface area contributed by atoms with Crippen LogP contribution in [0.15, 0.2) is 31.0 Å². The van der Waals surface area contributed by atoms with Gasteiger partial charge >= 0.3 is 11.9 Å². The van der Waals surface area contributed by atoms with Crippen LogP contribution in [0.25, 0.3) is 0 Å². The Kier molecular flexibility index (Phi) is 11.6. The van der Waals surface area contributed by atoms with Gasteiger partial charge in [-0.15, -0.1) is 6.58 Å². The summed E-state index contributed by atoms with van der Waals surface area (Å²) in [5.74, 6) is 1.71. The number of rotatable bonds is 8. The maximum absolute atomic E-state index is 15.1. The first-order valence-corrected chi connectivity index (χ1v) is 23.9. The highest BCUT2D eigenvalue weighted by Crippen LogP contribution is 2.73. The molecule has 0 spiro atoms. The Morgan fingerprint density at radius 3 is 2.31 bits per heavy atom. The first kappa shape index (κ1) is 42.1. The van der Waals surface area contributed by atoms with Gasteiger partial charge in [0.15, 0.2) is 0 Å². The minimum atomic E-state index is -0.793. The molecule has 322 valence electrons. The second-order valence-electron chi connectivity index (χ2n) is 22.0. The average molecular weight is 800 g/mol. The van der Waals surface area contributed by atoms with Gasteiger partial charge in [-0.1, -0.05) is 47.1 Å². The maximum Gasteiger partial charge on any atom is 0.309 e. The van der Waals surface area contributed by atoms with Crippen molar-refractivity contribution in [3.63, 3.8) is 0 Å². The number of allylic oxidation sites excluding steroid dienone is 1. The van der Waals surface area contributed by atoms with Gasteiger partial charge in [-0.05, 0) is 175 Å². The lowest BCUT2D eigenvalue weighted by Crippen LogP contribution is -2.64. The molecule has 58 heavy (non-hydrogen) atoms. The van der Waals surface area contributed by atoms with Crippen LogP contribution < -0.4 is 0 Å². The Hall–Kier alpha value is -2.61. The fraction of sp³-hybridized carbons (Fsp3) is 0.820. The van der Waals surface area contributed by atoms with Crippen LogP contribution >= 0.6 is 0 Å². The van der Waals surface area contributed by atoms with Crippen molar-refractivity contribution in [1.82, 2.24) is 14.4 Å². The Balaban J connectivity index is 0.00000152. The predicted molar refractivity (Wildman–Crippen MR) is 228 cm³/mol. The summed E-state index contributed by atoms with van der Waals surface area (Å²) in [6, 6.07) is 4.82. The molecule has 13 unspecified atom stereocenters. The molecule has 6 aliphatic carbocycles. The van der Waals surface area contributed by atoms with E-state index >= 15 is 4.79 Å². The zero-order valence-electron chi connectivity index (χ0n) is 37.1. The van der Waals surface area contributed by atoms with Crippen molar-refractivity contribution < 1.29 is 24.2 Å². The molecule has 1 N–H and O–H groups in total. The molecule has 6 saturated carbocycles. The van der Waals surface area contributed by atoms with Crippen molar-refractivity contribution in [2.45, 2.75) is 170 Å². The third-order valence-electron chi connectivity index (χ3n) is 19.1. The summed E-state index contributed by atoms with van der Waals surface area (Å²) in [5.41, 5.74) is 1.62. The number of esters is 1. The highest BCUT2D eigenvalue weighted by atomic mass is 16.5. The Morgan fingerprint density at radius 1 is 0.845 bits per heavy atom. The first-order chi connectivity index (χ1) is 27.7. The molecule has 8 aliphatic rings. The highest BCUT2D eigenvalue weighted by molar-refractivity contribution is 5.84. The SMILES string of the molecule is C=CC.CC1C(C(=O)O)CC1C(=O)OC1CCC2(C)C(CCC3(C)C4CCC5(C(=O)N6CCCC6Cn6cccc6CN6CCCC6)CCCC5C4CCC32)C1(C)C. The Labute approximate surface area is 350 Å². The molecule has 2 aliphatic heterocycles. The number of hydrogen-bond acceptors (Lipinski definition) is 5. The van der Waals surface area contributed by atoms with Gasteiger partial charge in [0.2, 0.25) is 5.91 Å². The number of carbonyl (C=O) groups is 3. The third kappa shape index (κ3) is 6.84. The molecule has 3 heterocycles. The number of fused-ring (bicyclic) bond motifs is 7. The van der Waals surface area contributed by atoms with E-state index in [1.165, 1.54) is 76.6 Å². The molecule has 1 aromatic rings. The molecule has 9 rings (SSSR count). The number of hydrogen-bond donors (Lipinski definition) is 1. The van der Waals surface area contributed by atoms with Crippen molar-refractivity contribution >= 4 is 17.8 Å². The van der Waals surface area contributed by atoms with Gasteiger partial charge in [-0.25, -0.2) is 0 Å². The van der Waals surface area contributed by atoms with Gasteiger partial charge in [0, 0.05) is 43.0 Å². The molecule has 0 radical (unpaired) electrons. The quantitative estimate of drug-likeness (QED) is 0.208. The number of aromatic nitrogens is 1. The summed E-state index contributed by atoms with van der Waals surface area (Å²) in [5, 5.41) is 9.50. The first-order valence-electron chi connectivity index (χ1n) is 23.9. The number of carbonyl (C=O) groups excluding carboxylic acids is 2. The highest BCUT2D eigenvalue weighted by Gasteiger charge is 2.68. The Bertz CT molecular complexity index is 1700. The van der Waals surface area contributed by atoms with E-state index in [1.54, 1.807) is 6.08 Å². The van der Waals surface area contributed by atoms with Gasteiger partial charge in [-0.3, -0.25) is 19.3 Å². The lowest BCUT2D eigenvalue weighted by molar-refractivity contribution is -0.225. The zero-order chi connectivity index (χ0) is 41.2. The van der Waals surface area contributed by atoms with Crippen LogP contribution in [0.2, 0.25) is 0 Å². The smallest absolute Gasteiger partial charge is 0.309 e. The second-order valence-corrected chi connectivity index (χ2v) is 22.0. The zero-order valence-corrected chi connectivity index (χ0v) is 37.1. The molecule has 13 atom stereocenters. The van der Waals surface area contributed by atoms with Crippen LogP contribution in [0.4, 0.5) is 0 Å². The largest absolute Gasteiger partial charge is 0.481 e. The Morgan fingerprint density at radius 2 is 1.59 bits per heavy atom. The lowest BCUT2D eigenvalue weighted by Gasteiger charge is -2.69. The summed E-state index contributed by atoms with van der Waals surface area (Å²) in [4.78, 5) is 45.1. The van der Waals surface area contributed by atoms with Gasteiger partial charge < -0.3 is 19.3 Å². The molecule has 0 bridgehead atoms. The fourth-order valence-electron chi connectivity index (χ4n) is 16.2.